The van der Waals surface area contributed by atoms with E-state index in [1.54, 1.807) is 16.4 Å². The maximum atomic E-state index is 6.09. The van der Waals surface area contributed by atoms with Crippen molar-refractivity contribution < 1.29 is 0 Å². The van der Waals surface area contributed by atoms with Crippen molar-refractivity contribution in [3.8, 4) is 0 Å². The van der Waals surface area contributed by atoms with E-state index in [2.05, 4.69) is 36.3 Å². The average Bonchev–Trinajstić information content (AvgIpc) is 2.75. The van der Waals surface area contributed by atoms with Gasteiger partial charge in [0.2, 0.25) is 0 Å². The summed E-state index contributed by atoms with van der Waals surface area (Å²) in [4.78, 5) is 1.25. The van der Waals surface area contributed by atoms with Crippen LogP contribution in [0.5, 0.6) is 0 Å². The minimum atomic E-state index is -0.0116. The predicted octanol–water partition coefficient (Wildman–Crippen LogP) is 2.52. The molecule has 1 heterocycles. The minimum Gasteiger partial charge on any atom is -0.322 e. The Morgan fingerprint density at radius 3 is 2.59 bits per heavy atom. The molecule has 1 aromatic heterocycles. The van der Waals surface area contributed by atoms with Crippen LogP contribution in [-0.4, -0.2) is 15.5 Å². The zero-order valence-electron chi connectivity index (χ0n) is 10.1. The molecule has 1 unspecified atom stereocenters. The van der Waals surface area contributed by atoms with Crippen LogP contribution < -0.4 is 5.73 Å². The van der Waals surface area contributed by atoms with E-state index in [1.165, 1.54) is 10.5 Å². The van der Waals surface area contributed by atoms with Crippen molar-refractivity contribution >= 4 is 11.8 Å². The summed E-state index contributed by atoms with van der Waals surface area (Å²) in [5, 5.41) is 4.32. The third-order valence-electron chi connectivity index (χ3n) is 2.56. The second-order valence-corrected chi connectivity index (χ2v) is 5.24. The van der Waals surface area contributed by atoms with Crippen molar-refractivity contribution in [3.63, 3.8) is 0 Å². The van der Waals surface area contributed by atoms with Gasteiger partial charge in [-0.3, -0.25) is 4.68 Å². The van der Waals surface area contributed by atoms with Crippen molar-refractivity contribution in [1.29, 1.82) is 0 Å². The molecule has 0 amide bonds. The fourth-order valence-electron chi connectivity index (χ4n) is 1.54. The first-order valence-corrected chi connectivity index (χ1v) is 6.58. The van der Waals surface area contributed by atoms with Gasteiger partial charge in [-0.2, -0.15) is 5.10 Å². The standard InChI is InChI=1S/C13H17N3S/c1-10-3-5-11(6-4-10)17-9-12(14)13-7-8-16(2)15-13/h3-8,12H,9,14H2,1-2H3. The number of hydrogen-bond acceptors (Lipinski definition) is 3. The van der Waals surface area contributed by atoms with Gasteiger partial charge in [-0.1, -0.05) is 17.7 Å². The number of nitrogens with zero attached hydrogens (tertiary/aromatic N) is 2. The van der Waals surface area contributed by atoms with Crippen LogP contribution in [0.15, 0.2) is 41.4 Å². The van der Waals surface area contributed by atoms with Crippen LogP contribution in [0.3, 0.4) is 0 Å². The van der Waals surface area contributed by atoms with E-state index in [0.29, 0.717) is 0 Å². The monoisotopic (exact) mass is 247 g/mol. The van der Waals surface area contributed by atoms with Gasteiger partial charge in [-0.15, -0.1) is 11.8 Å². The predicted molar refractivity (Wildman–Crippen MR) is 72.0 cm³/mol. The van der Waals surface area contributed by atoms with Crippen molar-refractivity contribution in [2.75, 3.05) is 5.75 Å². The summed E-state index contributed by atoms with van der Waals surface area (Å²) in [6, 6.07) is 10.5. The van der Waals surface area contributed by atoms with Crippen molar-refractivity contribution in [2.24, 2.45) is 12.8 Å². The number of nitrogens with two attached hydrogens (primary N) is 1. The number of aryl methyl sites for hydroxylation is 2. The molecule has 0 saturated heterocycles. The van der Waals surface area contributed by atoms with E-state index < -0.39 is 0 Å². The molecule has 17 heavy (non-hydrogen) atoms. The van der Waals surface area contributed by atoms with Crippen LogP contribution in [0.25, 0.3) is 0 Å². The first-order valence-electron chi connectivity index (χ1n) is 5.60. The first-order chi connectivity index (χ1) is 8.15. The lowest BCUT2D eigenvalue weighted by atomic mass is 10.2. The fourth-order valence-corrected chi connectivity index (χ4v) is 2.41. The number of thioether (sulfide) groups is 1. The Bertz CT molecular complexity index is 476. The second kappa shape index (κ2) is 5.38. The molecule has 1 atom stereocenters. The highest BCUT2D eigenvalue weighted by atomic mass is 32.2. The van der Waals surface area contributed by atoms with E-state index in [0.717, 1.165) is 11.4 Å². The molecule has 3 nitrogen and oxygen atoms in total. The Morgan fingerprint density at radius 2 is 2.00 bits per heavy atom. The van der Waals surface area contributed by atoms with Crippen LogP contribution >= 0.6 is 11.8 Å². The number of benzene rings is 1. The van der Waals surface area contributed by atoms with Crippen LogP contribution in [0.4, 0.5) is 0 Å². The molecule has 90 valence electrons. The van der Waals surface area contributed by atoms with Gasteiger partial charge in [0.1, 0.15) is 0 Å². The molecule has 0 aliphatic heterocycles. The molecular formula is C13H17N3S. The van der Waals surface area contributed by atoms with Gasteiger partial charge in [0, 0.05) is 23.9 Å². The smallest absolute Gasteiger partial charge is 0.0800 e. The highest BCUT2D eigenvalue weighted by Crippen LogP contribution is 2.22. The third kappa shape index (κ3) is 3.35. The maximum Gasteiger partial charge on any atom is 0.0800 e. The molecule has 1 aromatic carbocycles. The van der Waals surface area contributed by atoms with Crippen LogP contribution in [-0.2, 0) is 7.05 Å². The average molecular weight is 247 g/mol. The maximum absolute atomic E-state index is 6.09. The molecule has 0 spiro atoms. The van der Waals surface area contributed by atoms with E-state index in [4.69, 9.17) is 5.73 Å². The minimum absolute atomic E-state index is 0.0116. The molecular weight excluding hydrogens is 230 g/mol. The van der Waals surface area contributed by atoms with E-state index in [9.17, 15) is 0 Å². The molecule has 0 radical (unpaired) electrons. The van der Waals surface area contributed by atoms with E-state index in [-0.39, 0.29) is 6.04 Å². The Balaban J connectivity index is 1.92. The lowest BCUT2D eigenvalue weighted by Crippen LogP contribution is -2.14. The van der Waals surface area contributed by atoms with Crippen LogP contribution in [0, 0.1) is 6.92 Å². The highest BCUT2D eigenvalue weighted by Gasteiger charge is 2.09. The lowest BCUT2D eigenvalue weighted by molar-refractivity contribution is 0.704. The Kier molecular flexibility index (Phi) is 3.86. The van der Waals surface area contributed by atoms with Crippen molar-refractivity contribution in [3.05, 3.63) is 47.8 Å². The first kappa shape index (κ1) is 12.2. The Morgan fingerprint density at radius 1 is 1.29 bits per heavy atom. The largest absolute Gasteiger partial charge is 0.322 e. The SMILES string of the molecule is Cc1ccc(SCC(N)c2ccn(C)n2)cc1. The summed E-state index contributed by atoms with van der Waals surface area (Å²) in [6.45, 7) is 2.09. The number of hydrogen-bond donors (Lipinski definition) is 1. The number of rotatable bonds is 4. The van der Waals surface area contributed by atoms with Gasteiger partial charge < -0.3 is 5.73 Å². The molecule has 0 aliphatic carbocycles. The normalized spacial score (nSPS) is 12.6. The summed E-state index contributed by atoms with van der Waals surface area (Å²) in [7, 11) is 1.91. The summed E-state index contributed by atoms with van der Waals surface area (Å²) in [5.74, 6) is 0.847. The summed E-state index contributed by atoms with van der Waals surface area (Å²) in [5.41, 5.74) is 8.32. The van der Waals surface area contributed by atoms with Crippen molar-refractivity contribution in [1.82, 2.24) is 9.78 Å². The van der Waals surface area contributed by atoms with E-state index >= 15 is 0 Å². The van der Waals surface area contributed by atoms with Gasteiger partial charge in [-0.05, 0) is 25.1 Å². The van der Waals surface area contributed by atoms with Gasteiger partial charge in [-0.25, -0.2) is 0 Å². The molecule has 2 aromatic rings. The third-order valence-corrected chi connectivity index (χ3v) is 3.70. The second-order valence-electron chi connectivity index (χ2n) is 4.14. The molecule has 0 saturated carbocycles. The number of aromatic nitrogens is 2. The Hall–Kier alpha value is -1.26. The molecule has 4 heteroatoms. The molecule has 0 aliphatic rings. The summed E-state index contributed by atoms with van der Waals surface area (Å²) < 4.78 is 1.78. The molecule has 0 fully saturated rings. The molecule has 2 N–H and O–H groups in total. The van der Waals surface area contributed by atoms with Crippen LogP contribution in [0.2, 0.25) is 0 Å². The lowest BCUT2D eigenvalue weighted by Gasteiger charge is -2.08. The van der Waals surface area contributed by atoms with Crippen molar-refractivity contribution in [2.45, 2.75) is 17.9 Å². The quantitative estimate of drug-likeness (QED) is 0.844. The fraction of sp³-hybridized carbons (Fsp3) is 0.308. The highest BCUT2D eigenvalue weighted by molar-refractivity contribution is 7.99. The molecule has 0 bridgehead atoms. The van der Waals surface area contributed by atoms with Gasteiger partial charge in [0.05, 0.1) is 11.7 Å². The summed E-state index contributed by atoms with van der Waals surface area (Å²) in [6.07, 6.45) is 1.92. The Labute approximate surface area is 106 Å². The van der Waals surface area contributed by atoms with Gasteiger partial charge >= 0.3 is 0 Å². The van der Waals surface area contributed by atoms with Gasteiger partial charge in [0.25, 0.3) is 0 Å². The zero-order chi connectivity index (χ0) is 12.3. The topological polar surface area (TPSA) is 43.8 Å². The molecule has 2 rings (SSSR count). The van der Waals surface area contributed by atoms with E-state index in [1.807, 2.05) is 19.3 Å². The van der Waals surface area contributed by atoms with Crippen LogP contribution in [0.1, 0.15) is 17.3 Å². The zero-order valence-corrected chi connectivity index (χ0v) is 10.9. The van der Waals surface area contributed by atoms with Gasteiger partial charge in [0.15, 0.2) is 0 Å². The summed E-state index contributed by atoms with van der Waals surface area (Å²) >= 11 is 1.77.